The van der Waals surface area contributed by atoms with Crippen LogP contribution in [0.4, 0.5) is 0 Å². The third-order valence-corrected chi connectivity index (χ3v) is 7.62. The SMILES string of the molecule is CCCCCCCCCCCCOCCOCCSCC(COP(=O)([O-])OCC[N+](C)(C)C)NC(C)=O. The first-order chi connectivity index (χ1) is 17.6. The lowest BCUT2D eigenvalue weighted by Crippen LogP contribution is -2.39. The Labute approximate surface area is 230 Å². The fourth-order valence-electron chi connectivity index (χ4n) is 3.42. The van der Waals surface area contributed by atoms with Crippen LogP contribution >= 0.6 is 19.6 Å². The molecule has 0 radical (unpaired) electrons. The maximum Gasteiger partial charge on any atom is 0.268 e. The maximum absolute atomic E-state index is 12.0. The van der Waals surface area contributed by atoms with E-state index in [1.807, 2.05) is 21.1 Å². The van der Waals surface area contributed by atoms with Crippen LogP contribution in [0.25, 0.3) is 0 Å². The minimum atomic E-state index is -4.41. The number of phosphoric ester groups is 1. The molecule has 1 amide bonds. The monoisotopic (exact) mass is 570 g/mol. The van der Waals surface area contributed by atoms with Crippen LogP contribution in [0.1, 0.15) is 78.1 Å². The molecule has 0 aliphatic carbocycles. The van der Waals surface area contributed by atoms with E-state index in [0.29, 0.717) is 36.6 Å². The van der Waals surface area contributed by atoms with E-state index < -0.39 is 13.9 Å². The van der Waals surface area contributed by atoms with E-state index in [1.54, 1.807) is 11.8 Å². The summed E-state index contributed by atoms with van der Waals surface area (Å²) in [4.78, 5) is 23.4. The zero-order chi connectivity index (χ0) is 27.8. The number of phosphoric acid groups is 1. The predicted octanol–water partition coefficient (Wildman–Crippen LogP) is 4.39. The van der Waals surface area contributed by atoms with E-state index in [4.69, 9.17) is 18.5 Å². The summed E-state index contributed by atoms with van der Waals surface area (Å²) in [5.41, 5.74) is 0. The molecular formula is C26H55N2O7PS. The van der Waals surface area contributed by atoms with Crippen LogP contribution in [0.3, 0.4) is 0 Å². The van der Waals surface area contributed by atoms with Gasteiger partial charge < -0.3 is 33.2 Å². The van der Waals surface area contributed by atoms with Crippen LogP contribution in [0.15, 0.2) is 0 Å². The molecule has 0 fully saturated rings. The van der Waals surface area contributed by atoms with Gasteiger partial charge in [0.15, 0.2) is 0 Å². The molecule has 0 spiro atoms. The Morgan fingerprint density at radius 1 is 0.865 bits per heavy atom. The Hall–Kier alpha value is -0.190. The van der Waals surface area contributed by atoms with Crippen molar-refractivity contribution in [3.8, 4) is 0 Å². The summed E-state index contributed by atoms with van der Waals surface area (Å²) in [6.07, 6.45) is 13.2. The average molecular weight is 571 g/mol. The number of hydrogen-bond acceptors (Lipinski definition) is 8. The van der Waals surface area contributed by atoms with Crippen molar-refractivity contribution in [2.45, 2.75) is 84.1 Å². The Morgan fingerprint density at radius 3 is 2.00 bits per heavy atom. The molecule has 0 saturated carbocycles. The molecule has 0 bridgehead atoms. The second kappa shape index (κ2) is 23.7. The summed E-state index contributed by atoms with van der Waals surface area (Å²) in [6, 6.07) is -0.434. The van der Waals surface area contributed by atoms with Crippen LogP contribution in [0.5, 0.6) is 0 Å². The average Bonchev–Trinajstić information content (AvgIpc) is 2.80. The molecule has 11 heteroatoms. The lowest BCUT2D eigenvalue weighted by molar-refractivity contribution is -0.870. The van der Waals surface area contributed by atoms with Crippen LogP contribution < -0.4 is 10.2 Å². The zero-order valence-electron chi connectivity index (χ0n) is 24.2. The van der Waals surface area contributed by atoms with Gasteiger partial charge in [-0.2, -0.15) is 11.8 Å². The zero-order valence-corrected chi connectivity index (χ0v) is 25.9. The van der Waals surface area contributed by atoms with E-state index in [2.05, 4.69) is 12.2 Å². The number of nitrogens with one attached hydrogen (secondary N) is 1. The van der Waals surface area contributed by atoms with Gasteiger partial charge in [0.2, 0.25) is 5.91 Å². The molecule has 1 N–H and O–H groups in total. The van der Waals surface area contributed by atoms with E-state index in [-0.39, 0.29) is 19.1 Å². The van der Waals surface area contributed by atoms with Crippen molar-refractivity contribution in [3.63, 3.8) is 0 Å². The number of quaternary nitrogens is 1. The molecule has 0 aromatic rings. The number of hydrogen-bond donors (Lipinski definition) is 1. The molecule has 0 aromatic heterocycles. The number of thioether (sulfide) groups is 1. The summed E-state index contributed by atoms with van der Waals surface area (Å²) in [5.74, 6) is 0.998. The first-order valence-electron chi connectivity index (χ1n) is 14.0. The lowest BCUT2D eigenvalue weighted by atomic mass is 10.1. The number of nitrogens with zero attached hydrogens (tertiary/aromatic N) is 1. The largest absolute Gasteiger partial charge is 0.756 e. The van der Waals surface area contributed by atoms with Crippen LogP contribution in [-0.4, -0.2) is 95.3 Å². The fourth-order valence-corrected chi connectivity index (χ4v) is 5.03. The lowest BCUT2D eigenvalue weighted by Gasteiger charge is -2.28. The summed E-state index contributed by atoms with van der Waals surface area (Å²) in [7, 11) is 1.42. The highest BCUT2D eigenvalue weighted by atomic mass is 32.2. The van der Waals surface area contributed by atoms with Gasteiger partial charge in [0.05, 0.1) is 53.6 Å². The van der Waals surface area contributed by atoms with Crippen molar-refractivity contribution >= 4 is 25.5 Å². The van der Waals surface area contributed by atoms with Crippen molar-refractivity contribution in [1.29, 1.82) is 0 Å². The topological polar surface area (TPSA) is 106 Å². The van der Waals surface area contributed by atoms with Gasteiger partial charge in [-0.15, -0.1) is 0 Å². The van der Waals surface area contributed by atoms with E-state index in [9.17, 15) is 14.3 Å². The number of ether oxygens (including phenoxy) is 2. The minimum absolute atomic E-state index is 0.0458. The van der Waals surface area contributed by atoms with Crippen molar-refractivity contribution in [2.75, 3.05) is 78.8 Å². The molecule has 2 atom stereocenters. The second-order valence-electron chi connectivity index (χ2n) is 10.5. The van der Waals surface area contributed by atoms with E-state index in [0.717, 1.165) is 18.8 Å². The minimum Gasteiger partial charge on any atom is -0.756 e. The fraction of sp³-hybridized carbons (Fsp3) is 0.962. The normalized spacial score (nSPS) is 14.4. The van der Waals surface area contributed by atoms with Gasteiger partial charge in [0, 0.05) is 25.0 Å². The molecule has 0 aliphatic rings. The smallest absolute Gasteiger partial charge is 0.268 e. The number of likely N-dealkylation sites (N-methyl/N-ethyl adjacent to an activating group) is 1. The molecule has 222 valence electrons. The van der Waals surface area contributed by atoms with Crippen molar-refractivity contribution in [3.05, 3.63) is 0 Å². The number of amides is 1. The van der Waals surface area contributed by atoms with Gasteiger partial charge in [-0.05, 0) is 6.42 Å². The number of carbonyl (C=O) groups is 1. The molecule has 2 unspecified atom stereocenters. The molecule has 0 heterocycles. The van der Waals surface area contributed by atoms with E-state index in [1.165, 1.54) is 64.7 Å². The van der Waals surface area contributed by atoms with E-state index >= 15 is 0 Å². The maximum atomic E-state index is 12.0. The first kappa shape index (κ1) is 36.8. The highest BCUT2D eigenvalue weighted by Crippen LogP contribution is 2.38. The Kier molecular flexibility index (Phi) is 23.6. The predicted molar refractivity (Wildman–Crippen MR) is 151 cm³/mol. The third-order valence-electron chi connectivity index (χ3n) is 5.56. The molecule has 0 saturated heterocycles. The van der Waals surface area contributed by atoms with Crippen molar-refractivity contribution in [1.82, 2.24) is 5.32 Å². The molecule has 0 aromatic carbocycles. The summed E-state index contributed by atoms with van der Waals surface area (Å²) in [6.45, 7) is 6.57. The highest BCUT2D eigenvalue weighted by molar-refractivity contribution is 7.99. The molecule has 0 aliphatic heterocycles. The molecule has 0 rings (SSSR count). The van der Waals surface area contributed by atoms with Gasteiger partial charge in [-0.3, -0.25) is 9.36 Å². The Bertz CT molecular complexity index is 594. The van der Waals surface area contributed by atoms with Gasteiger partial charge in [-0.25, -0.2) is 0 Å². The van der Waals surface area contributed by atoms with Gasteiger partial charge >= 0.3 is 0 Å². The standard InChI is InChI=1S/C26H55N2O7PS/c1-6-7-8-9-10-11-12-13-14-15-17-32-19-20-33-21-22-37-24-26(27-25(2)29)23-35-36(30,31)34-18-16-28(3,4)5/h26H,6-24H2,1-5H3,(H-,27,29,30,31). The molecular weight excluding hydrogens is 515 g/mol. The summed E-state index contributed by atoms with van der Waals surface area (Å²) in [5, 5.41) is 2.73. The Balaban J connectivity index is 3.71. The van der Waals surface area contributed by atoms with Crippen molar-refractivity contribution in [2.24, 2.45) is 0 Å². The number of rotatable bonds is 27. The first-order valence-corrected chi connectivity index (χ1v) is 16.6. The third kappa shape index (κ3) is 28.6. The number of carbonyl (C=O) groups excluding carboxylic acids is 1. The van der Waals surface area contributed by atoms with Crippen LogP contribution in [-0.2, 0) is 27.9 Å². The molecule has 9 nitrogen and oxygen atoms in total. The Morgan fingerprint density at radius 2 is 1.43 bits per heavy atom. The number of unbranched alkanes of at least 4 members (excludes halogenated alkanes) is 9. The van der Waals surface area contributed by atoms with Crippen molar-refractivity contribution < 1.29 is 37.3 Å². The van der Waals surface area contributed by atoms with Gasteiger partial charge in [0.25, 0.3) is 7.82 Å². The van der Waals surface area contributed by atoms with Crippen LogP contribution in [0, 0.1) is 0 Å². The van der Waals surface area contributed by atoms with Gasteiger partial charge in [-0.1, -0.05) is 64.7 Å². The second-order valence-corrected chi connectivity index (χ2v) is 13.0. The highest BCUT2D eigenvalue weighted by Gasteiger charge is 2.17. The molecule has 37 heavy (non-hydrogen) atoms. The summed E-state index contributed by atoms with van der Waals surface area (Å²) >= 11 is 1.57. The summed E-state index contributed by atoms with van der Waals surface area (Å²) < 4.78 is 33.7. The van der Waals surface area contributed by atoms with Crippen LogP contribution in [0.2, 0.25) is 0 Å². The van der Waals surface area contributed by atoms with Gasteiger partial charge in [0.1, 0.15) is 13.2 Å². The quantitative estimate of drug-likeness (QED) is 0.0881.